The van der Waals surface area contributed by atoms with Gasteiger partial charge < -0.3 is 39.9 Å². The Morgan fingerprint density at radius 1 is 0.444 bits per heavy atom. The SMILES string of the molecule is CC/C=C\C/C=C\C/C=C\C/C=C\CCCCCCCCCCCCC(=O)OC(COCCCCCCCCCCC/C=C\C/C=C\C/C=C\C/C=C\CC)COP(=O)(O)OC1C(O)C(O)C(O)C(O)C1O. The molecule has 0 bridgehead atoms. The van der Waals surface area contributed by atoms with Crippen LogP contribution in [0.3, 0.4) is 0 Å². The maximum atomic E-state index is 12.9. The summed E-state index contributed by atoms with van der Waals surface area (Å²) in [6, 6.07) is 0. The number of ether oxygens (including phenoxy) is 2. The van der Waals surface area contributed by atoms with Gasteiger partial charge in [0.25, 0.3) is 0 Å². The predicted molar refractivity (Wildman–Crippen MR) is 294 cm³/mol. The van der Waals surface area contributed by atoms with Gasteiger partial charge in [-0.1, -0.05) is 207 Å². The van der Waals surface area contributed by atoms with Crippen LogP contribution in [0.25, 0.3) is 0 Å². The number of phosphoric acid groups is 1. The number of hydrogen-bond donors (Lipinski definition) is 6. The molecule has 13 heteroatoms. The highest BCUT2D eigenvalue weighted by Gasteiger charge is 2.51. The Morgan fingerprint density at radius 2 is 0.778 bits per heavy atom. The fourth-order valence-corrected chi connectivity index (χ4v) is 9.08. The highest BCUT2D eigenvalue weighted by molar-refractivity contribution is 7.47. The lowest BCUT2D eigenvalue weighted by Gasteiger charge is -2.41. The molecule has 0 aromatic heterocycles. The van der Waals surface area contributed by atoms with Crippen molar-refractivity contribution in [1.29, 1.82) is 0 Å². The fourth-order valence-electron chi connectivity index (χ4n) is 8.10. The van der Waals surface area contributed by atoms with Crippen LogP contribution in [0.15, 0.2) is 97.2 Å². The van der Waals surface area contributed by atoms with Gasteiger partial charge in [-0.15, -0.1) is 0 Å². The zero-order valence-corrected chi connectivity index (χ0v) is 45.6. The standard InChI is InChI=1S/C59H101O12P/c1-3-5-7-9-11-13-15-17-19-21-23-25-27-28-30-32-34-36-38-40-42-44-46-48-53(60)70-52(51-69-72(66,67)71-59-57(64)55(62)54(61)56(63)58(59)65)50-68-49-47-45-43-41-39-37-35-33-31-29-26-24-22-20-18-16-14-12-10-8-6-4-2/h5-8,11-14,17-20,23-26,52,54-59,61-65H,3-4,9-10,15-16,21-22,27-51H2,1-2H3,(H,66,67)/b7-5-,8-6-,13-11-,14-12-,19-17-,20-18-,25-23-,26-24-. The molecule has 1 aliphatic rings. The molecule has 0 spiro atoms. The smallest absolute Gasteiger partial charge is 0.457 e. The Kier molecular flexibility index (Phi) is 44.8. The first-order chi connectivity index (χ1) is 35.0. The van der Waals surface area contributed by atoms with Gasteiger partial charge in [-0.2, -0.15) is 0 Å². The molecule has 1 saturated carbocycles. The lowest BCUT2D eigenvalue weighted by Crippen LogP contribution is -2.64. The number of allylic oxidation sites excluding steroid dienone is 16. The molecule has 0 radical (unpaired) electrons. The van der Waals surface area contributed by atoms with Gasteiger partial charge in [0.1, 0.15) is 42.7 Å². The number of carbonyl (C=O) groups is 1. The summed E-state index contributed by atoms with van der Waals surface area (Å²) >= 11 is 0. The van der Waals surface area contributed by atoms with Crippen molar-refractivity contribution < 1.29 is 58.3 Å². The lowest BCUT2D eigenvalue weighted by atomic mass is 9.85. The molecule has 6 unspecified atom stereocenters. The minimum Gasteiger partial charge on any atom is -0.457 e. The molecule has 0 aromatic carbocycles. The topological polar surface area (TPSA) is 192 Å². The van der Waals surface area contributed by atoms with Gasteiger partial charge in [-0.05, 0) is 89.9 Å². The largest absolute Gasteiger partial charge is 0.472 e. The van der Waals surface area contributed by atoms with E-state index in [-0.39, 0.29) is 13.0 Å². The van der Waals surface area contributed by atoms with E-state index in [0.717, 1.165) is 109 Å². The van der Waals surface area contributed by atoms with E-state index in [9.17, 15) is 39.8 Å². The minimum absolute atomic E-state index is 0.0879. The van der Waals surface area contributed by atoms with Gasteiger partial charge in [0.15, 0.2) is 0 Å². The van der Waals surface area contributed by atoms with E-state index in [4.69, 9.17) is 18.5 Å². The Hall–Kier alpha value is -2.74. The van der Waals surface area contributed by atoms with E-state index in [1.54, 1.807) is 0 Å². The van der Waals surface area contributed by atoms with Crippen molar-refractivity contribution in [3.05, 3.63) is 97.2 Å². The first-order valence-corrected chi connectivity index (χ1v) is 29.6. The molecule has 12 nitrogen and oxygen atoms in total. The second-order valence-electron chi connectivity index (χ2n) is 19.0. The third-order valence-electron chi connectivity index (χ3n) is 12.5. The van der Waals surface area contributed by atoms with Crippen LogP contribution in [0.5, 0.6) is 0 Å². The number of rotatable bonds is 47. The Morgan fingerprint density at radius 3 is 1.18 bits per heavy atom. The average molecular weight is 1030 g/mol. The summed E-state index contributed by atoms with van der Waals surface area (Å²) in [5.41, 5.74) is 0. The van der Waals surface area contributed by atoms with Crippen LogP contribution < -0.4 is 0 Å². The second kappa shape index (κ2) is 47.9. The highest BCUT2D eigenvalue weighted by Crippen LogP contribution is 2.47. The molecule has 6 atom stereocenters. The van der Waals surface area contributed by atoms with Crippen LogP contribution in [0, 0.1) is 0 Å². The first-order valence-electron chi connectivity index (χ1n) is 28.1. The molecule has 0 aliphatic heterocycles. The minimum atomic E-state index is -5.04. The van der Waals surface area contributed by atoms with Gasteiger partial charge in [0.2, 0.25) is 0 Å². The number of hydrogen-bond acceptors (Lipinski definition) is 11. The molecule has 6 N–H and O–H groups in total. The fraction of sp³-hybridized carbons (Fsp3) is 0.712. The van der Waals surface area contributed by atoms with Gasteiger partial charge in [-0.3, -0.25) is 13.8 Å². The molecular formula is C59H101O12P. The van der Waals surface area contributed by atoms with Crippen LogP contribution in [-0.4, -0.2) is 98.9 Å². The normalized spacial score (nSPS) is 21.4. The van der Waals surface area contributed by atoms with Gasteiger partial charge in [0.05, 0.1) is 13.2 Å². The molecule has 0 aromatic rings. The number of aliphatic hydroxyl groups is 5. The monoisotopic (exact) mass is 1030 g/mol. The second-order valence-corrected chi connectivity index (χ2v) is 20.4. The molecule has 0 heterocycles. The van der Waals surface area contributed by atoms with Crippen LogP contribution in [-0.2, 0) is 27.9 Å². The zero-order valence-electron chi connectivity index (χ0n) is 44.7. The van der Waals surface area contributed by atoms with E-state index in [1.807, 2.05) is 0 Å². The van der Waals surface area contributed by atoms with Crippen molar-refractivity contribution in [3.63, 3.8) is 0 Å². The summed E-state index contributed by atoms with van der Waals surface area (Å²) in [6.07, 6.45) is 54.6. The summed E-state index contributed by atoms with van der Waals surface area (Å²) in [4.78, 5) is 23.3. The van der Waals surface area contributed by atoms with Crippen molar-refractivity contribution in [2.24, 2.45) is 0 Å². The number of carbonyl (C=O) groups excluding carboxylic acids is 1. The summed E-state index contributed by atoms with van der Waals surface area (Å²) in [6.45, 7) is 4.03. The van der Waals surface area contributed by atoms with Crippen molar-refractivity contribution in [1.82, 2.24) is 0 Å². The predicted octanol–water partition coefficient (Wildman–Crippen LogP) is 13.4. The van der Waals surface area contributed by atoms with Gasteiger partial charge >= 0.3 is 13.8 Å². The van der Waals surface area contributed by atoms with Crippen molar-refractivity contribution >= 4 is 13.8 Å². The van der Waals surface area contributed by atoms with E-state index in [1.165, 1.54) is 70.6 Å². The molecule has 1 aliphatic carbocycles. The number of phosphoric ester groups is 1. The lowest BCUT2D eigenvalue weighted by molar-refractivity contribution is -0.220. The van der Waals surface area contributed by atoms with E-state index < -0.39 is 63.1 Å². The third-order valence-corrected chi connectivity index (χ3v) is 13.4. The maximum Gasteiger partial charge on any atom is 0.472 e. The van der Waals surface area contributed by atoms with Crippen LogP contribution in [0.4, 0.5) is 0 Å². The van der Waals surface area contributed by atoms with Crippen LogP contribution in [0.2, 0.25) is 0 Å². The Balaban J connectivity index is 2.31. The zero-order chi connectivity index (χ0) is 52.6. The highest BCUT2D eigenvalue weighted by atomic mass is 31.2. The molecule has 72 heavy (non-hydrogen) atoms. The summed E-state index contributed by atoms with van der Waals surface area (Å²) in [5, 5.41) is 50.4. The van der Waals surface area contributed by atoms with Gasteiger partial charge in [0, 0.05) is 13.0 Å². The summed E-state index contributed by atoms with van der Waals surface area (Å²) in [7, 11) is -5.04. The molecule has 1 rings (SSSR count). The maximum absolute atomic E-state index is 12.9. The Bertz CT molecular complexity index is 1550. The van der Waals surface area contributed by atoms with Crippen molar-refractivity contribution in [2.75, 3.05) is 19.8 Å². The molecule has 1 fully saturated rings. The van der Waals surface area contributed by atoms with Crippen molar-refractivity contribution in [2.45, 2.75) is 249 Å². The van der Waals surface area contributed by atoms with Crippen molar-refractivity contribution in [3.8, 4) is 0 Å². The quantitative estimate of drug-likeness (QED) is 0.0146. The average Bonchev–Trinajstić information content (AvgIpc) is 3.37. The number of unbranched alkanes of at least 4 members (excludes halogenated alkanes) is 19. The Labute approximate surface area is 436 Å². The van der Waals surface area contributed by atoms with Crippen LogP contribution >= 0.6 is 7.82 Å². The van der Waals surface area contributed by atoms with E-state index in [0.29, 0.717) is 13.0 Å². The number of aliphatic hydroxyl groups excluding tert-OH is 5. The summed E-state index contributed by atoms with van der Waals surface area (Å²) in [5.74, 6) is -0.487. The summed E-state index contributed by atoms with van der Waals surface area (Å²) < 4.78 is 34.4. The van der Waals surface area contributed by atoms with E-state index >= 15 is 0 Å². The van der Waals surface area contributed by atoms with E-state index in [2.05, 4.69) is 111 Å². The van der Waals surface area contributed by atoms with Crippen LogP contribution in [0.1, 0.15) is 206 Å². The van der Waals surface area contributed by atoms with Gasteiger partial charge in [-0.25, -0.2) is 4.57 Å². The molecular weight excluding hydrogens is 932 g/mol. The molecule has 0 saturated heterocycles. The third kappa shape index (κ3) is 38.8. The molecule has 414 valence electrons. The first kappa shape index (κ1) is 67.3. The molecule has 0 amide bonds. The number of esters is 1.